The Balaban J connectivity index is 1.89. The number of hydrogen-bond donors (Lipinski definition) is 1. The molecule has 144 valence electrons. The van der Waals surface area contributed by atoms with E-state index in [-0.39, 0.29) is 30.0 Å². The molecular formula is C22H27FN2O2. The van der Waals surface area contributed by atoms with Crippen molar-refractivity contribution in [1.82, 2.24) is 5.32 Å². The van der Waals surface area contributed by atoms with Crippen LogP contribution in [0.1, 0.15) is 44.2 Å². The van der Waals surface area contributed by atoms with Crippen LogP contribution in [0.3, 0.4) is 0 Å². The first-order valence-electron chi connectivity index (χ1n) is 9.26. The van der Waals surface area contributed by atoms with Gasteiger partial charge in [0.2, 0.25) is 11.8 Å². The quantitative estimate of drug-likeness (QED) is 0.762. The number of amides is 2. The molecule has 0 aliphatic carbocycles. The Bertz CT molecular complexity index is 772. The van der Waals surface area contributed by atoms with Gasteiger partial charge in [-0.1, -0.05) is 44.2 Å². The fraction of sp³-hybridized carbons (Fsp3) is 0.364. The molecule has 5 heteroatoms. The minimum Gasteiger partial charge on any atom is -0.356 e. The summed E-state index contributed by atoms with van der Waals surface area (Å²) in [7, 11) is 0. The second kappa shape index (κ2) is 9.86. The van der Waals surface area contributed by atoms with Crippen molar-refractivity contribution in [2.24, 2.45) is 0 Å². The molecule has 2 aromatic carbocycles. The molecule has 0 heterocycles. The summed E-state index contributed by atoms with van der Waals surface area (Å²) in [5.74, 6) is -0.172. The Kier molecular flexibility index (Phi) is 7.53. The summed E-state index contributed by atoms with van der Waals surface area (Å²) in [4.78, 5) is 25.9. The predicted octanol–water partition coefficient (Wildman–Crippen LogP) is 4.05. The van der Waals surface area contributed by atoms with Crippen molar-refractivity contribution in [2.45, 2.75) is 39.5 Å². The highest BCUT2D eigenvalue weighted by Gasteiger charge is 2.17. The average Bonchev–Trinajstić information content (AvgIpc) is 2.63. The Morgan fingerprint density at radius 2 is 1.74 bits per heavy atom. The number of carbonyl (C=O) groups is 2. The predicted molar refractivity (Wildman–Crippen MR) is 106 cm³/mol. The minimum atomic E-state index is -0.270. The largest absolute Gasteiger partial charge is 0.356 e. The fourth-order valence-electron chi connectivity index (χ4n) is 2.97. The summed E-state index contributed by atoms with van der Waals surface area (Å²) in [5, 5.41) is 2.86. The Hall–Kier alpha value is -2.69. The van der Waals surface area contributed by atoms with Crippen LogP contribution < -0.4 is 10.2 Å². The first-order valence-corrected chi connectivity index (χ1v) is 9.26. The Morgan fingerprint density at radius 1 is 1.07 bits per heavy atom. The highest BCUT2D eigenvalue weighted by Crippen LogP contribution is 2.27. The van der Waals surface area contributed by atoms with Gasteiger partial charge in [-0.2, -0.15) is 0 Å². The molecule has 0 aliphatic heterocycles. The molecule has 27 heavy (non-hydrogen) atoms. The Morgan fingerprint density at radius 3 is 2.37 bits per heavy atom. The number of nitrogens with one attached hydrogen (secondary N) is 1. The zero-order valence-electron chi connectivity index (χ0n) is 16.2. The Labute approximate surface area is 160 Å². The van der Waals surface area contributed by atoms with E-state index in [1.54, 1.807) is 17.0 Å². The van der Waals surface area contributed by atoms with E-state index >= 15 is 0 Å². The smallest absolute Gasteiger partial charge is 0.223 e. The number of hydrogen-bond acceptors (Lipinski definition) is 2. The van der Waals surface area contributed by atoms with Crippen molar-refractivity contribution >= 4 is 17.5 Å². The average molecular weight is 370 g/mol. The second-order valence-corrected chi connectivity index (χ2v) is 6.86. The highest BCUT2D eigenvalue weighted by molar-refractivity contribution is 5.93. The zero-order valence-corrected chi connectivity index (χ0v) is 16.2. The third kappa shape index (κ3) is 6.20. The number of halogens is 1. The maximum Gasteiger partial charge on any atom is 0.223 e. The van der Waals surface area contributed by atoms with Crippen molar-refractivity contribution in [1.29, 1.82) is 0 Å². The third-order valence-electron chi connectivity index (χ3n) is 4.44. The van der Waals surface area contributed by atoms with Gasteiger partial charge in [-0.05, 0) is 41.7 Å². The van der Waals surface area contributed by atoms with Crippen LogP contribution in [-0.2, 0) is 16.0 Å². The number of benzene rings is 2. The van der Waals surface area contributed by atoms with E-state index < -0.39 is 0 Å². The van der Waals surface area contributed by atoms with Crippen LogP contribution in [0.4, 0.5) is 10.1 Å². The molecule has 0 unspecified atom stereocenters. The number of para-hydroxylation sites is 1. The molecule has 4 nitrogen and oxygen atoms in total. The van der Waals surface area contributed by atoms with E-state index in [1.165, 1.54) is 19.1 Å². The maximum atomic E-state index is 12.9. The van der Waals surface area contributed by atoms with E-state index in [4.69, 9.17) is 0 Å². The van der Waals surface area contributed by atoms with Gasteiger partial charge in [-0.15, -0.1) is 0 Å². The fourth-order valence-corrected chi connectivity index (χ4v) is 2.97. The van der Waals surface area contributed by atoms with Crippen LogP contribution in [0.15, 0.2) is 48.5 Å². The molecule has 2 amide bonds. The first-order chi connectivity index (χ1) is 12.9. The first kappa shape index (κ1) is 20.6. The van der Waals surface area contributed by atoms with Gasteiger partial charge in [-0.25, -0.2) is 4.39 Å². The van der Waals surface area contributed by atoms with Crippen LogP contribution in [0.25, 0.3) is 0 Å². The lowest BCUT2D eigenvalue weighted by molar-refractivity contribution is -0.121. The van der Waals surface area contributed by atoms with Crippen molar-refractivity contribution in [3.05, 3.63) is 65.5 Å². The van der Waals surface area contributed by atoms with Gasteiger partial charge in [0.15, 0.2) is 0 Å². The summed E-state index contributed by atoms with van der Waals surface area (Å²) >= 11 is 0. The van der Waals surface area contributed by atoms with Gasteiger partial charge in [0.1, 0.15) is 5.82 Å². The number of carbonyl (C=O) groups excluding carboxylic acids is 2. The standard InChI is InChI=1S/C22H27FN2O2/c1-16(2)20-6-4-5-7-21(20)25(17(3)26)15-13-22(27)24-14-12-18-8-10-19(23)11-9-18/h4-11,16H,12-15H2,1-3H3,(H,24,27). The topological polar surface area (TPSA) is 49.4 Å². The minimum absolute atomic E-state index is 0.0813. The van der Waals surface area contributed by atoms with E-state index in [9.17, 15) is 14.0 Å². The number of anilines is 1. The molecule has 2 aromatic rings. The van der Waals surface area contributed by atoms with Crippen molar-refractivity contribution in [3.63, 3.8) is 0 Å². The van der Waals surface area contributed by atoms with Gasteiger partial charge >= 0.3 is 0 Å². The molecular weight excluding hydrogens is 343 g/mol. The summed E-state index contributed by atoms with van der Waals surface area (Å²) in [6, 6.07) is 14.0. The van der Waals surface area contributed by atoms with Crippen LogP contribution in [0.2, 0.25) is 0 Å². The normalized spacial score (nSPS) is 10.7. The lowest BCUT2D eigenvalue weighted by Gasteiger charge is -2.25. The third-order valence-corrected chi connectivity index (χ3v) is 4.44. The summed E-state index contributed by atoms with van der Waals surface area (Å²) in [6.07, 6.45) is 0.869. The van der Waals surface area contributed by atoms with Crippen LogP contribution in [0.5, 0.6) is 0 Å². The van der Waals surface area contributed by atoms with E-state index in [1.807, 2.05) is 24.3 Å². The molecule has 1 N–H and O–H groups in total. The molecule has 0 atom stereocenters. The SMILES string of the molecule is CC(=O)N(CCC(=O)NCCc1ccc(F)cc1)c1ccccc1C(C)C. The zero-order chi connectivity index (χ0) is 19.8. The molecule has 0 aliphatic rings. The second-order valence-electron chi connectivity index (χ2n) is 6.86. The lowest BCUT2D eigenvalue weighted by atomic mass is 10.0. The highest BCUT2D eigenvalue weighted by atomic mass is 19.1. The van der Waals surface area contributed by atoms with Gasteiger partial charge < -0.3 is 10.2 Å². The van der Waals surface area contributed by atoms with Crippen LogP contribution in [0, 0.1) is 5.82 Å². The molecule has 0 radical (unpaired) electrons. The lowest BCUT2D eigenvalue weighted by Crippen LogP contribution is -2.35. The van der Waals surface area contributed by atoms with Gasteiger partial charge in [0.05, 0.1) is 0 Å². The molecule has 0 spiro atoms. The monoisotopic (exact) mass is 370 g/mol. The molecule has 2 rings (SSSR count). The van der Waals surface area contributed by atoms with Gasteiger partial charge in [-0.3, -0.25) is 9.59 Å². The summed E-state index contributed by atoms with van der Waals surface area (Å²) in [6.45, 7) is 6.50. The van der Waals surface area contributed by atoms with Crippen molar-refractivity contribution in [3.8, 4) is 0 Å². The van der Waals surface area contributed by atoms with Gasteiger partial charge in [0, 0.05) is 32.1 Å². The molecule has 0 fully saturated rings. The molecule has 0 saturated carbocycles. The van der Waals surface area contributed by atoms with Gasteiger partial charge in [0.25, 0.3) is 0 Å². The summed E-state index contributed by atoms with van der Waals surface area (Å²) in [5.41, 5.74) is 2.91. The number of nitrogens with zero attached hydrogens (tertiary/aromatic N) is 1. The van der Waals surface area contributed by atoms with Crippen molar-refractivity contribution in [2.75, 3.05) is 18.0 Å². The van der Waals surface area contributed by atoms with E-state index in [2.05, 4.69) is 19.2 Å². The van der Waals surface area contributed by atoms with E-state index in [0.717, 1.165) is 16.8 Å². The van der Waals surface area contributed by atoms with Crippen LogP contribution in [-0.4, -0.2) is 24.9 Å². The van der Waals surface area contributed by atoms with Crippen molar-refractivity contribution < 1.29 is 14.0 Å². The number of rotatable bonds is 8. The maximum absolute atomic E-state index is 12.9. The molecule has 0 bridgehead atoms. The summed E-state index contributed by atoms with van der Waals surface area (Å²) < 4.78 is 12.9. The van der Waals surface area contributed by atoms with E-state index in [0.29, 0.717) is 19.5 Å². The van der Waals surface area contributed by atoms with Crippen LogP contribution >= 0.6 is 0 Å². The molecule has 0 aromatic heterocycles. The molecule has 0 saturated heterocycles.